The van der Waals surface area contributed by atoms with Crippen LogP contribution in [0.25, 0.3) is 11.0 Å². The third-order valence-corrected chi connectivity index (χ3v) is 8.12. The Morgan fingerprint density at radius 2 is 2.11 bits per heavy atom. The first-order valence-corrected chi connectivity index (χ1v) is 13.4. The summed E-state index contributed by atoms with van der Waals surface area (Å²) in [4.78, 5) is 26.2. The van der Waals surface area contributed by atoms with Gasteiger partial charge >= 0.3 is 5.97 Å². The minimum atomic E-state index is -0.399. The summed E-state index contributed by atoms with van der Waals surface area (Å²) in [5.41, 5.74) is 3.26. The van der Waals surface area contributed by atoms with Crippen LogP contribution in [0.3, 0.4) is 0 Å². The minimum Gasteiger partial charge on any atom is -0.465 e. The molecule has 1 amide bonds. The van der Waals surface area contributed by atoms with Gasteiger partial charge in [0.05, 0.1) is 18.2 Å². The number of thiophene rings is 1. The van der Waals surface area contributed by atoms with Crippen LogP contribution in [0.4, 0.5) is 5.00 Å². The number of ether oxygens (including phenoxy) is 1. The Labute approximate surface area is 215 Å². The molecule has 3 heterocycles. The van der Waals surface area contributed by atoms with Gasteiger partial charge in [0.1, 0.15) is 17.1 Å². The van der Waals surface area contributed by atoms with Gasteiger partial charge in [-0.1, -0.05) is 35.2 Å². The smallest absolute Gasteiger partial charge is 0.341 e. The number of methoxy groups -OCH3 is 1. The number of aromatic nitrogens is 6. The van der Waals surface area contributed by atoms with Crippen LogP contribution in [0.2, 0.25) is 0 Å². The molecule has 0 bridgehead atoms. The van der Waals surface area contributed by atoms with Crippen molar-refractivity contribution in [3.8, 4) is 0 Å². The molecular weight excluding hydrogens is 498 g/mol. The standard InChI is InChI=1S/C24H25N7O3S2/c1-3-12-30-19(14-31-17-9-5-4-8-16(17)26-29-31)27-28-24(30)35-13-11-20(32)25-22-21(23(33)34-2)15-7-6-10-18(15)36-22/h3-5,8-9H,1,6-7,10-14H2,2H3,(H,25,32). The molecule has 0 fully saturated rings. The van der Waals surface area contributed by atoms with Crippen LogP contribution >= 0.6 is 23.1 Å². The third-order valence-electron chi connectivity index (χ3n) is 5.94. The number of thioether (sulfide) groups is 1. The number of carbonyl (C=O) groups is 2. The van der Waals surface area contributed by atoms with Gasteiger partial charge in [-0.05, 0) is 37.0 Å². The van der Waals surface area contributed by atoms with Crippen molar-refractivity contribution in [3.05, 3.63) is 58.7 Å². The van der Waals surface area contributed by atoms with Crippen molar-refractivity contribution in [1.29, 1.82) is 0 Å². The zero-order valence-electron chi connectivity index (χ0n) is 19.8. The summed E-state index contributed by atoms with van der Waals surface area (Å²) in [5, 5.41) is 21.3. The first-order chi connectivity index (χ1) is 17.6. The largest absolute Gasteiger partial charge is 0.465 e. The van der Waals surface area contributed by atoms with Crippen molar-refractivity contribution in [2.24, 2.45) is 0 Å². The van der Waals surface area contributed by atoms with E-state index in [0.717, 1.165) is 46.6 Å². The number of aryl methyl sites for hydroxylation is 1. The molecule has 5 rings (SSSR count). The van der Waals surface area contributed by atoms with Crippen molar-refractivity contribution < 1.29 is 14.3 Å². The molecule has 0 atom stereocenters. The van der Waals surface area contributed by atoms with Crippen LogP contribution in [-0.2, 0) is 35.5 Å². The van der Waals surface area contributed by atoms with Gasteiger partial charge in [0.15, 0.2) is 11.0 Å². The highest BCUT2D eigenvalue weighted by atomic mass is 32.2. The Hall–Kier alpha value is -3.51. The molecule has 0 aliphatic heterocycles. The highest BCUT2D eigenvalue weighted by molar-refractivity contribution is 7.99. The molecule has 0 spiro atoms. The average molecular weight is 524 g/mol. The Balaban J connectivity index is 1.23. The van der Waals surface area contributed by atoms with E-state index < -0.39 is 5.97 Å². The SMILES string of the molecule is C=CCn1c(Cn2nnc3ccccc32)nnc1SCCC(=O)Nc1sc2c(c1C(=O)OC)CCC2. The van der Waals surface area contributed by atoms with E-state index in [0.29, 0.717) is 34.6 Å². The van der Waals surface area contributed by atoms with Gasteiger partial charge in [-0.25, -0.2) is 9.48 Å². The maximum Gasteiger partial charge on any atom is 0.341 e. The fraction of sp³-hybridized carbons (Fsp3) is 0.333. The Morgan fingerprint density at radius 1 is 1.25 bits per heavy atom. The number of amides is 1. The topological polar surface area (TPSA) is 117 Å². The van der Waals surface area contributed by atoms with E-state index in [4.69, 9.17) is 4.74 Å². The predicted molar refractivity (Wildman–Crippen MR) is 139 cm³/mol. The van der Waals surface area contributed by atoms with Crippen molar-refractivity contribution in [3.63, 3.8) is 0 Å². The molecule has 1 aliphatic carbocycles. The van der Waals surface area contributed by atoms with E-state index in [9.17, 15) is 9.59 Å². The van der Waals surface area contributed by atoms with E-state index in [2.05, 4.69) is 32.4 Å². The summed E-state index contributed by atoms with van der Waals surface area (Å²) in [7, 11) is 1.36. The molecule has 4 aromatic rings. The molecule has 3 aromatic heterocycles. The number of fused-ring (bicyclic) bond motifs is 2. The van der Waals surface area contributed by atoms with Gasteiger partial charge in [0, 0.05) is 23.6 Å². The monoisotopic (exact) mass is 523 g/mol. The first-order valence-electron chi connectivity index (χ1n) is 11.6. The van der Waals surface area contributed by atoms with Crippen molar-refractivity contribution >= 4 is 51.0 Å². The number of carbonyl (C=O) groups excluding carboxylic acids is 2. The van der Waals surface area contributed by atoms with Crippen LogP contribution in [0.5, 0.6) is 0 Å². The van der Waals surface area contributed by atoms with E-state index in [1.165, 1.54) is 30.2 Å². The second-order valence-corrected chi connectivity index (χ2v) is 10.4. The molecule has 0 unspecified atom stereocenters. The van der Waals surface area contributed by atoms with Gasteiger partial charge in [-0.15, -0.1) is 33.2 Å². The summed E-state index contributed by atoms with van der Waals surface area (Å²) < 4.78 is 8.71. The van der Waals surface area contributed by atoms with Crippen molar-refractivity contribution in [1.82, 2.24) is 29.8 Å². The third kappa shape index (κ3) is 4.78. The number of hydrogen-bond acceptors (Lipinski definition) is 9. The van der Waals surface area contributed by atoms with Crippen LogP contribution in [0.15, 0.2) is 42.1 Å². The molecule has 1 aromatic carbocycles. The number of nitrogens with one attached hydrogen (secondary N) is 1. The van der Waals surface area contributed by atoms with E-state index in [-0.39, 0.29) is 12.3 Å². The number of hydrogen-bond donors (Lipinski definition) is 1. The van der Waals surface area contributed by atoms with Crippen molar-refractivity contribution in [2.45, 2.75) is 43.9 Å². The molecule has 186 valence electrons. The minimum absolute atomic E-state index is 0.156. The van der Waals surface area contributed by atoms with Crippen LogP contribution < -0.4 is 5.32 Å². The fourth-order valence-electron chi connectivity index (χ4n) is 4.26. The Morgan fingerprint density at radius 3 is 2.94 bits per heavy atom. The van der Waals surface area contributed by atoms with Gasteiger partial charge in [-0.2, -0.15) is 0 Å². The molecule has 10 nitrogen and oxygen atoms in total. The van der Waals surface area contributed by atoms with Gasteiger partial charge in [0.25, 0.3) is 0 Å². The van der Waals surface area contributed by atoms with Crippen LogP contribution in [0, 0.1) is 0 Å². The van der Waals surface area contributed by atoms with Gasteiger partial charge in [-0.3, -0.25) is 4.79 Å². The Bertz CT molecular complexity index is 1440. The zero-order valence-corrected chi connectivity index (χ0v) is 21.4. The highest BCUT2D eigenvalue weighted by Gasteiger charge is 2.28. The highest BCUT2D eigenvalue weighted by Crippen LogP contribution is 2.39. The molecule has 36 heavy (non-hydrogen) atoms. The van der Waals surface area contributed by atoms with Crippen molar-refractivity contribution in [2.75, 3.05) is 18.2 Å². The number of esters is 1. The quantitative estimate of drug-likeness (QED) is 0.190. The normalized spacial score (nSPS) is 12.6. The molecule has 12 heteroatoms. The molecule has 1 aliphatic rings. The van der Waals surface area contributed by atoms with Gasteiger partial charge in [0.2, 0.25) is 5.91 Å². The summed E-state index contributed by atoms with van der Waals surface area (Å²) in [6.45, 7) is 4.80. The molecule has 0 saturated heterocycles. The lowest BCUT2D eigenvalue weighted by Gasteiger charge is -2.09. The number of para-hydroxylation sites is 1. The molecular formula is C24H25N7O3S2. The maximum atomic E-state index is 12.7. The molecule has 0 radical (unpaired) electrons. The molecule has 1 N–H and O–H groups in total. The second kappa shape index (κ2) is 10.6. The number of benzene rings is 1. The van der Waals surface area contributed by atoms with Gasteiger partial charge < -0.3 is 14.6 Å². The summed E-state index contributed by atoms with van der Waals surface area (Å²) >= 11 is 2.92. The van der Waals surface area contributed by atoms with E-state index >= 15 is 0 Å². The Kier molecular flexibility index (Phi) is 7.14. The van der Waals surface area contributed by atoms with E-state index in [1.807, 2.05) is 28.8 Å². The summed E-state index contributed by atoms with van der Waals surface area (Å²) in [6.07, 6.45) is 4.84. The summed E-state index contributed by atoms with van der Waals surface area (Å²) in [6, 6.07) is 7.75. The number of allylic oxidation sites excluding steroid dienone is 1. The average Bonchev–Trinajstić information content (AvgIpc) is 3.65. The number of rotatable bonds is 10. The predicted octanol–water partition coefficient (Wildman–Crippen LogP) is 3.71. The maximum absolute atomic E-state index is 12.7. The zero-order chi connectivity index (χ0) is 25.1. The number of anilines is 1. The van der Waals surface area contributed by atoms with Crippen LogP contribution in [0.1, 0.15) is 39.5 Å². The lowest BCUT2D eigenvalue weighted by Crippen LogP contribution is -2.15. The lowest BCUT2D eigenvalue weighted by atomic mass is 10.1. The summed E-state index contributed by atoms with van der Waals surface area (Å²) in [5.74, 6) is 0.681. The molecule has 0 saturated carbocycles. The fourth-order valence-corrected chi connectivity index (χ4v) is 6.46. The first kappa shape index (κ1) is 24.2. The second-order valence-electron chi connectivity index (χ2n) is 8.23. The number of nitrogens with zero attached hydrogens (tertiary/aromatic N) is 6. The lowest BCUT2D eigenvalue weighted by molar-refractivity contribution is -0.115. The van der Waals surface area contributed by atoms with E-state index in [1.54, 1.807) is 10.8 Å². The van der Waals surface area contributed by atoms with Crippen LogP contribution in [-0.4, -0.2) is 54.5 Å².